The van der Waals surface area contributed by atoms with E-state index in [4.69, 9.17) is 0 Å². The number of hydrogen-bond donors (Lipinski definition) is 1. The summed E-state index contributed by atoms with van der Waals surface area (Å²) in [5.41, 5.74) is 2.63. The van der Waals surface area contributed by atoms with Crippen LogP contribution in [0, 0.1) is 6.92 Å². The summed E-state index contributed by atoms with van der Waals surface area (Å²) in [6, 6.07) is 15.9. The summed E-state index contributed by atoms with van der Waals surface area (Å²) in [4.78, 5) is 41.7. The Balaban J connectivity index is 1.46. The molecular formula is C22H23N3O3. The molecule has 0 spiro atoms. The number of carbonyl (C=O) groups excluding carboxylic acids is 3. The van der Waals surface area contributed by atoms with E-state index in [2.05, 4.69) is 5.32 Å². The Hall–Kier alpha value is -3.15. The lowest BCUT2D eigenvalue weighted by Gasteiger charge is -2.45. The normalized spacial score (nSPS) is 21.9. The van der Waals surface area contributed by atoms with Crippen molar-refractivity contribution in [3.8, 4) is 0 Å². The number of carbonyl (C=O) groups is 3. The number of fused-ring (bicyclic) bond motifs is 1. The van der Waals surface area contributed by atoms with Crippen molar-refractivity contribution in [2.24, 2.45) is 0 Å². The predicted octanol–water partition coefficient (Wildman–Crippen LogP) is 1.39. The van der Waals surface area contributed by atoms with E-state index in [1.165, 1.54) is 0 Å². The van der Waals surface area contributed by atoms with E-state index < -0.39 is 12.1 Å². The van der Waals surface area contributed by atoms with Crippen LogP contribution in [0.15, 0.2) is 54.6 Å². The number of nitrogens with zero attached hydrogens (tertiary/aromatic N) is 2. The van der Waals surface area contributed by atoms with Gasteiger partial charge in [-0.2, -0.15) is 0 Å². The van der Waals surface area contributed by atoms with Crippen LogP contribution in [0.3, 0.4) is 0 Å². The average Bonchev–Trinajstić information content (AvgIpc) is 2.71. The zero-order valence-corrected chi connectivity index (χ0v) is 15.8. The molecule has 2 fully saturated rings. The van der Waals surface area contributed by atoms with Gasteiger partial charge in [0.25, 0.3) is 5.91 Å². The van der Waals surface area contributed by atoms with E-state index in [0.717, 1.165) is 11.1 Å². The van der Waals surface area contributed by atoms with Crippen molar-refractivity contribution in [3.63, 3.8) is 0 Å². The minimum atomic E-state index is -0.623. The van der Waals surface area contributed by atoms with Gasteiger partial charge in [-0.25, -0.2) is 0 Å². The maximum Gasteiger partial charge on any atom is 0.254 e. The first-order valence-corrected chi connectivity index (χ1v) is 9.53. The van der Waals surface area contributed by atoms with Gasteiger partial charge in [-0.15, -0.1) is 0 Å². The number of amides is 3. The van der Waals surface area contributed by atoms with E-state index in [-0.39, 0.29) is 24.3 Å². The minimum Gasteiger partial charge on any atom is -0.342 e. The van der Waals surface area contributed by atoms with E-state index in [9.17, 15) is 14.4 Å². The molecule has 6 heteroatoms. The first-order valence-electron chi connectivity index (χ1n) is 9.53. The number of nitrogens with one attached hydrogen (secondary N) is 1. The van der Waals surface area contributed by atoms with E-state index in [0.29, 0.717) is 25.1 Å². The third-order valence-corrected chi connectivity index (χ3v) is 5.42. The van der Waals surface area contributed by atoms with Gasteiger partial charge in [0.15, 0.2) is 0 Å². The molecule has 2 saturated heterocycles. The van der Waals surface area contributed by atoms with Crippen molar-refractivity contribution < 1.29 is 14.4 Å². The van der Waals surface area contributed by atoms with Crippen molar-refractivity contribution in [2.75, 3.05) is 19.6 Å². The summed E-state index contributed by atoms with van der Waals surface area (Å²) in [6.45, 7) is 2.97. The monoisotopic (exact) mass is 377 g/mol. The fraction of sp³-hybridized carbons (Fsp3) is 0.318. The number of aryl methyl sites for hydroxylation is 1. The highest BCUT2D eigenvalue weighted by atomic mass is 16.2. The molecule has 2 aliphatic heterocycles. The fourth-order valence-electron chi connectivity index (χ4n) is 3.93. The molecule has 3 amide bonds. The Morgan fingerprint density at radius 1 is 1.07 bits per heavy atom. The molecule has 2 aromatic carbocycles. The van der Waals surface area contributed by atoms with Gasteiger partial charge < -0.3 is 15.1 Å². The predicted molar refractivity (Wildman–Crippen MR) is 105 cm³/mol. The Morgan fingerprint density at radius 3 is 2.61 bits per heavy atom. The van der Waals surface area contributed by atoms with Crippen LogP contribution >= 0.6 is 0 Å². The molecule has 0 radical (unpaired) electrons. The summed E-state index contributed by atoms with van der Waals surface area (Å²) in [6.07, 6.45) is 0.473. The summed E-state index contributed by atoms with van der Waals surface area (Å²) >= 11 is 0. The first kappa shape index (κ1) is 18.2. The average molecular weight is 377 g/mol. The maximum atomic E-state index is 12.9. The van der Waals surface area contributed by atoms with Crippen LogP contribution in [0.1, 0.15) is 21.5 Å². The summed E-state index contributed by atoms with van der Waals surface area (Å²) in [5, 5.41) is 2.85. The van der Waals surface area contributed by atoms with Gasteiger partial charge in [-0.3, -0.25) is 14.4 Å². The van der Waals surface area contributed by atoms with Gasteiger partial charge in [0, 0.05) is 25.1 Å². The van der Waals surface area contributed by atoms with Crippen LogP contribution in [0.2, 0.25) is 0 Å². The van der Waals surface area contributed by atoms with Crippen LogP contribution < -0.4 is 5.32 Å². The SMILES string of the molecule is Cc1cccc(C(=O)N2CCN3C(=O)[C@@H](Cc4ccccc4)NC(=O)[C@H]3C2)c1. The highest BCUT2D eigenvalue weighted by Crippen LogP contribution is 2.20. The third-order valence-electron chi connectivity index (χ3n) is 5.42. The molecule has 2 heterocycles. The molecule has 0 saturated carbocycles. The number of piperazine rings is 2. The van der Waals surface area contributed by atoms with E-state index >= 15 is 0 Å². The Morgan fingerprint density at radius 2 is 1.86 bits per heavy atom. The van der Waals surface area contributed by atoms with Gasteiger partial charge in [-0.05, 0) is 24.6 Å². The van der Waals surface area contributed by atoms with Gasteiger partial charge >= 0.3 is 0 Å². The van der Waals surface area contributed by atoms with Crippen LogP contribution in [0.25, 0.3) is 0 Å². The Kier molecular flexibility index (Phi) is 4.86. The Bertz CT molecular complexity index is 912. The fourth-order valence-corrected chi connectivity index (χ4v) is 3.93. The van der Waals surface area contributed by atoms with Crippen LogP contribution in [0.4, 0.5) is 0 Å². The third kappa shape index (κ3) is 3.50. The van der Waals surface area contributed by atoms with Crippen LogP contribution in [-0.2, 0) is 16.0 Å². The zero-order valence-electron chi connectivity index (χ0n) is 15.8. The molecule has 28 heavy (non-hydrogen) atoms. The lowest BCUT2D eigenvalue weighted by molar-refractivity contribution is -0.152. The second-order valence-electron chi connectivity index (χ2n) is 7.42. The lowest BCUT2D eigenvalue weighted by Crippen LogP contribution is -2.70. The Labute approximate surface area is 164 Å². The molecule has 6 nitrogen and oxygen atoms in total. The molecule has 2 aliphatic rings. The number of rotatable bonds is 3. The first-order chi connectivity index (χ1) is 13.5. The highest BCUT2D eigenvalue weighted by Gasteiger charge is 2.44. The van der Waals surface area contributed by atoms with Crippen LogP contribution in [0.5, 0.6) is 0 Å². The number of hydrogen-bond acceptors (Lipinski definition) is 3. The van der Waals surface area contributed by atoms with E-state index in [1.54, 1.807) is 15.9 Å². The maximum absolute atomic E-state index is 12.9. The largest absolute Gasteiger partial charge is 0.342 e. The smallest absolute Gasteiger partial charge is 0.254 e. The lowest BCUT2D eigenvalue weighted by atomic mass is 9.98. The summed E-state index contributed by atoms with van der Waals surface area (Å²) < 4.78 is 0. The van der Waals surface area contributed by atoms with Gasteiger partial charge in [-0.1, -0.05) is 48.0 Å². The van der Waals surface area contributed by atoms with Crippen molar-refractivity contribution in [2.45, 2.75) is 25.4 Å². The van der Waals surface area contributed by atoms with Gasteiger partial charge in [0.2, 0.25) is 11.8 Å². The van der Waals surface area contributed by atoms with Crippen molar-refractivity contribution in [1.29, 1.82) is 0 Å². The highest BCUT2D eigenvalue weighted by molar-refractivity contribution is 5.99. The number of benzene rings is 2. The standard InChI is InChI=1S/C22H23N3O3/c1-15-6-5-9-17(12-15)21(27)24-10-11-25-19(14-24)20(26)23-18(22(25)28)13-16-7-3-2-4-8-16/h2-9,12,18-19H,10-11,13-14H2,1H3,(H,23,26)/t18-,19-/m1/s1. The molecule has 0 unspecified atom stereocenters. The quantitative estimate of drug-likeness (QED) is 0.879. The van der Waals surface area contributed by atoms with Crippen molar-refractivity contribution >= 4 is 17.7 Å². The van der Waals surface area contributed by atoms with Crippen LogP contribution in [-0.4, -0.2) is 59.2 Å². The van der Waals surface area contributed by atoms with Crippen molar-refractivity contribution in [3.05, 3.63) is 71.3 Å². The molecule has 2 aromatic rings. The molecule has 4 rings (SSSR count). The molecule has 0 bridgehead atoms. The second-order valence-corrected chi connectivity index (χ2v) is 7.42. The summed E-state index contributed by atoms with van der Waals surface area (Å²) in [5.74, 6) is -0.367. The summed E-state index contributed by atoms with van der Waals surface area (Å²) in [7, 11) is 0. The molecular weight excluding hydrogens is 354 g/mol. The second kappa shape index (κ2) is 7.46. The van der Waals surface area contributed by atoms with E-state index in [1.807, 2.05) is 55.5 Å². The van der Waals surface area contributed by atoms with Crippen molar-refractivity contribution in [1.82, 2.24) is 15.1 Å². The molecule has 2 atom stereocenters. The zero-order chi connectivity index (χ0) is 19.7. The van der Waals surface area contributed by atoms with Gasteiger partial charge in [0.05, 0.1) is 6.54 Å². The molecule has 1 N–H and O–H groups in total. The van der Waals surface area contributed by atoms with Gasteiger partial charge in [0.1, 0.15) is 12.1 Å². The minimum absolute atomic E-state index is 0.0730. The molecule has 144 valence electrons. The topological polar surface area (TPSA) is 69.7 Å². The molecule has 0 aliphatic carbocycles. The molecule has 0 aromatic heterocycles.